The number of carbonyl (C=O) groups is 1. The quantitative estimate of drug-likeness (QED) is 0.753. The number of halogens is 2. The fourth-order valence-electron chi connectivity index (χ4n) is 1.54. The molecular formula is C13H10ClFOS. The molecule has 0 spiro atoms. The molecule has 0 radical (unpaired) electrons. The van der Waals surface area contributed by atoms with Crippen LogP contribution in [0.3, 0.4) is 0 Å². The predicted octanol–water partition coefficient (Wildman–Crippen LogP) is 4.36. The molecule has 4 heteroatoms. The largest absolute Gasteiger partial charge is 0.294 e. The molecule has 1 nitrogen and oxygen atoms in total. The Labute approximate surface area is 108 Å². The fourth-order valence-corrected chi connectivity index (χ4v) is 2.52. The molecule has 0 fully saturated rings. The first-order valence-corrected chi connectivity index (χ1v) is 6.43. The molecule has 88 valence electrons. The minimum Gasteiger partial charge on any atom is -0.294 e. The molecule has 0 saturated heterocycles. The van der Waals surface area contributed by atoms with Gasteiger partial charge in [0, 0.05) is 16.9 Å². The van der Waals surface area contributed by atoms with Crippen molar-refractivity contribution in [3.63, 3.8) is 0 Å². The highest BCUT2D eigenvalue weighted by molar-refractivity contribution is 7.09. The Morgan fingerprint density at radius 1 is 1.35 bits per heavy atom. The van der Waals surface area contributed by atoms with E-state index < -0.39 is 5.82 Å². The lowest BCUT2D eigenvalue weighted by molar-refractivity contribution is 0.0983. The molecule has 0 aliphatic heterocycles. The lowest BCUT2D eigenvalue weighted by Gasteiger charge is -2.02. The summed E-state index contributed by atoms with van der Waals surface area (Å²) in [5.41, 5.74) is 0.393. The van der Waals surface area contributed by atoms with Gasteiger partial charge in [-0.25, -0.2) is 4.39 Å². The van der Waals surface area contributed by atoms with E-state index in [1.807, 2.05) is 17.5 Å². The molecule has 0 unspecified atom stereocenters. The molecule has 1 aromatic heterocycles. The molecule has 2 rings (SSSR count). The van der Waals surface area contributed by atoms with Crippen LogP contribution in [0.15, 0.2) is 35.7 Å². The Hall–Kier alpha value is -1.19. The van der Waals surface area contributed by atoms with Crippen LogP contribution in [-0.2, 0) is 6.42 Å². The average molecular weight is 269 g/mol. The zero-order valence-corrected chi connectivity index (χ0v) is 10.5. The van der Waals surface area contributed by atoms with E-state index in [0.717, 1.165) is 4.88 Å². The van der Waals surface area contributed by atoms with Crippen molar-refractivity contribution in [2.45, 2.75) is 12.8 Å². The smallest absolute Gasteiger partial charge is 0.164 e. The van der Waals surface area contributed by atoms with E-state index in [1.165, 1.54) is 18.2 Å². The third kappa shape index (κ3) is 3.14. The van der Waals surface area contributed by atoms with Gasteiger partial charge in [-0.2, -0.15) is 0 Å². The van der Waals surface area contributed by atoms with Crippen LogP contribution in [0.25, 0.3) is 0 Å². The summed E-state index contributed by atoms with van der Waals surface area (Å²) in [6.07, 6.45) is 1.09. The monoisotopic (exact) mass is 268 g/mol. The number of carbonyl (C=O) groups excluding carboxylic acids is 1. The van der Waals surface area contributed by atoms with Gasteiger partial charge in [-0.3, -0.25) is 4.79 Å². The summed E-state index contributed by atoms with van der Waals surface area (Å²) in [4.78, 5) is 13.0. The third-order valence-electron chi connectivity index (χ3n) is 2.41. The molecule has 0 aliphatic rings. The minimum atomic E-state index is -0.426. The topological polar surface area (TPSA) is 17.1 Å². The highest BCUT2D eigenvalue weighted by atomic mass is 35.5. The van der Waals surface area contributed by atoms with E-state index in [4.69, 9.17) is 11.6 Å². The Morgan fingerprint density at radius 3 is 2.82 bits per heavy atom. The number of hydrogen-bond donors (Lipinski definition) is 0. The predicted molar refractivity (Wildman–Crippen MR) is 68.4 cm³/mol. The van der Waals surface area contributed by atoms with Crippen LogP contribution in [0, 0.1) is 5.82 Å². The van der Waals surface area contributed by atoms with Gasteiger partial charge in [0.05, 0.1) is 5.02 Å². The van der Waals surface area contributed by atoms with Gasteiger partial charge in [-0.15, -0.1) is 11.3 Å². The van der Waals surface area contributed by atoms with Crippen molar-refractivity contribution in [3.05, 3.63) is 57.0 Å². The van der Waals surface area contributed by atoms with E-state index in [-0.39, 0.29) is 10.8 Å². The second kappa shape index (κ2) is 5.43. The van der Waals surface area contributed by atoms with Crippen LogP contribution in [-0.4, -0.2) is 5.78 Å². The zero-order valence-electron chi connectivity index (χ0n) is 8.95. The van der Waals surface area contributed by atoms with Crippen LogP contribution in [0.4, 0.5) is 4.39 Å². The summed E-state index contributed by atoms with van der Waals surface area (Å²) in [6.45, 7) is 0. The van der Waals surface area contributed by atoms with E-state index >= 15 is 0 Å². The molecule has 0 amide bonds. The van der Waals surface area contributed by atoms with Crippen molar-refractivity contribution in [1.29, 1.82) is 0 Å². The van der Waals surface area contributed by atoms with E-state index in [2.05, 4.69) is 0 Å². The van der Waals surface area contributed by atoms with Crippen LogP contribution in [0.2, 0.25) is 5.02 Å². The van der Waals surface area contributed by atoms with E-state index in [9.17, 15) is 9.18 Å². The van der Waals surface area contributed by atoms with Crippen LogP contribution < -0.4 is 0 Å². The van der Waals surface area contributed by atoms with Crippen LogP contribution >= 0.6 is 22.9 Å². The van der Waals surface area contributed by atoms with E-state index in [1.54, 1.807) is 11.3 Å². The van der Waals surface area contributed by atoms with Crippen molar-refractivity contribution < 1.29 is 9.18 Å². The molecule has 0 bridgehead atoms. The van der Waals surface area contributed by atoms with Gasteiger partial charge >= 0.3 is 0 Å². The molecule has 0 N–H and O–H groups in total. The number of ketones is 1. The molecule has 0 saturated carbocycles. The first-order chi connectivity index (χ1) is 8.16. The van der Waals surface area contributed by atoms with Crippen molar-refractivity contribution in [2.75, 3.05) is 0 Å². The first kappa shape index (κ1) is 12.3. The number of rotatable bonds is 4. The SMILES string of the molecule is O=C(CCc1cccs1)c1ccc(F)cc1Cl. The van der Waals surface area contributed by atoms with Crippen molar-refractivity contribution in [2.24, 2.45) is 0 Å². The van der Waals surface area contributed by atoms with Gasteiger partial charge in [0.1, 0.15) is 5.82 Å². The summed E-state index contributed by atoms with van der Waals surface area (Å²) in [5.74, 6) is -0.479. The number of benzene rings is 1. The van der Waals surface area contributed by atoms with Crippen LogP contribution in [0.5, 0.6) is 0 Å². The summed E-state index contributed by atoms with van der Waals surface area (Å²) < 4.78 is 12.8. The molecule has 0 aliphatic carbocycles. The first-order valence-electron chi connectivity index (χ1n) is 5.17. The standard InChI is InChI=1S/C13H10ClFOS/c14-12-8-9(15)3-5-11(12)13(16)6-4-10-2-1-7-17-10/h1-3,5,7-8H,4,6H2. The van der Waals surface area contributed by atoms with Gasteiger partial charge in [0.15, 0.2) is 5.78 Å². The Bertz CT molecular complexity index is 522. The van der Waals surface area contributed by atoms with Gasteiger partial charge in [0.2, 0.25) is 0 Å². The maximum Gasteiger partial charge on any atom is 0.164 e. The maximum absolute atomic E-state index is 12.8. The molecule has 1 heterocycles. The van der Waals surface area contributed by atoms with Crippen molar-refractivity contribution >= 4 is 28.7 Å². The highest BCUT2D eigenvalue weighted by Gasteiger charge is 2.11. The zero-order chi connectivity index (χ0) is 12.3. The molecule has 2 aromatic rings. The summed E-state index contributed by atoms with van der Waals surface area (Å²) in [6, 6.07) is 7.80. The summed E-state index contributed by atoms with van der Waals surface area (Å²) in [5, 5.41) is 2.16. The second-order valence-electron chi connectivity index (χ2n) is 3.63. The third-order valence-corrected chi connectivity index (χ3v) is 3.66. The van der Waals surface area contributed by atoms with Crippen molar-refractivity contribution in [1.82, 2.24) is 0 Å². The Kier molecular flexibility index (Phi) is 3.92. The van der Waals surface area contributed by atoms with Gasteiger partial charge < -0.3 is 0 Å². The number of Topliss-reactive ketones (excluding diaryl/α,β-unsaturated/α-hetero) is 1. The second-order valence-corrected chi connectivity index (χ2v) is 5.07. The van der Waals surface area contributed by atoms with Gasteiger partial charge in [-0.05, 0) is 36.1 Å². The molecule has 17 heavy (non-hydrogen) atoms. The lowest BCUT2D eigenvalue weighted by atomic mass is 10.1. The normalized spacial score (nSPS) is 10.5. The average Bonchev–Trinajstić information content (AvgIpc) is 2.78. The molecule has 1 aromatic carbocycles. The summed E-state index contributed by atoms with van der Waals surface area (Å²) in [7, 11) is 0. The number of thiophene rings is 1. The minimum absolute atomic E-state index is 0.0524. The van der Waals surface area contributed by atoms with Gasteiger partial charge in [0.25, 0.3) is 0 Å². The van der Waals surface area contributed by atoms with Crippen LogP contribution in [0.1, 0.15) is 21.7 Å². The fraction of sp³-hybridized carbons (Fsp3) is 0.154. The van der Waals surface area contributed by atoms with Crippen molar-refractivity contribution in [3.8, 4) is 0 Å². The maximum atomic E-state index is 12.8. The molecule has 0 atom stereocenters. The summed E-state index contributed by atoms with van der Waals surface area (Å²) >= 11 is 7.45. The Balaban J connectivity index is 2.04. The number of hydrogen-bond acceptors (Lipinski definition) is 2. The van der Waals surface area contributed by atoms with Gasteiger partial charge in [-0.1, -0.05) is 17.7 Å². The lowest BCUT2D eigenvalue weighted by Crippen LogP contribution is -2.01. The Morgan fingerprint density at radius 2 is 2.18 bits per heavy atom. The highest BCUT2D eigenvalue weighted by Crippen LogP contribution is 2.20. The van der Waals surface area contributed by atoms with E-state index in [0.29, 0.717) is 18.4 Å². The molecular weight excluding hydrogens is 259 g/mol. The number of aryl methyl sites for hydroxylation is 1.